The fourth-order valence-corrected chi connectivity index (χ4v) is 3.57. The molecule has 1 aromatic rings. The molecule has 1 fully saturated rings. The zero-order valence-electron chi connectivity index (χ0n) is 14.3. The Morgan fingerprint density at radius 3 is 2.42 bits per heavy atom. The zero-order valence-corrected chi connectivity index (χ0v) is 14.3. The van der Waals surface area contributed by atoms with Gasteiger partial charge in [0.15, 0.2) is 0 Å². The minimum Gasteiger partial charge on any atom is -0.388 e. The summed E-state index contributed by atoms with van der Waals surface area (Å²) in [5, 5.41) is 14.2. The number of benzene rings is 1. The Labute approximate surface area is 142 Å². The average Bonchev–Trinajstić information content (AvgIpc) is 2.58. The normalized spacial score (nSPS) is 23.2. The molecule has 3 atom stereocenters. The van der Waals surface area contributed by atoms with Gasteiger partial charge in [-0.05, 0) is 43.5 Å². The second-order valence-corrected chi connectivity index (χ2v) is 6.78. The van der Waals surface area contributed by atoms with E-state index in [1.54, 1.807) is 0 Å². The Kier molecular flexibility index (Phi) is 7.11. The van der Waals surface area contributed by atoms with Gasteiger partial charge in [-0.2, -0.15) is 13.2 Å². The van der Waals surface area contributed by atoms with E-state index in [4.69, 9.17) is 0 Å². The van der Waals surface area contributed by atoms with Crippen molar-refractivity contribution in [3.8, 4) is 0 Å². The van der Waals surface area contributed by atoms with Gasteiger partial charge in [0.25, 0.3) is 0 Å². The molecule has 2 N–H and O–H groups in total. The number of nitrogens with one attached hydrogen (secondary N) is 1. The van der Waals surface area contributed by atoms with Gasteiger partial charge in [-0.15, -0.1) is 0 Å². The summed E-state index contributed by atoms with van der Waals surface area (Å²) >= 11 is 0. The first kappa shape index (κ1) is 19.3. The van der Waals surface area contributed by atoms with Crippen LogP contribution in [-0.2, 0) is 6.18 Å². The molecule has 1 aliphatic rings. The van der Waals surface area contributed by atoms with Crippen molar-refractivity contribution in [1.82, 2.24) is 5.32 Å². The zero-order chi connectivity index (χ0) is 17.6. The van der Waals surface area contributed by atoms with Gasteiger partial charge < -0.3 is 10.4 Å². The standard InChI is InChI=1S/C19H28F3NO/c1-2-3-6-13-23-17-8-5-4-7-16(17)18(24)14-9-11-15(12-10-14)19(20,21)22/h9-12,16-18,23-24H,2-8,13H2,1H3. The summed E-state index contributed by atoms with van der Waals surface area (Å²) in [6, 6.07) is 5.19. The summed E-state index contributed by atoms with van der Waals surface area (Å²) in [4.78, 5) is 0. The van der Waals surface area contributed by atoms with E-state index in [0.717, 1.165) is 50.8 Å². The first-order valence-corrected chi connectivity index (χ1v) is 9.02. The van der Waals surface area contributed by atoms with Gasteiger partial charge in [0, 0.05) is 12.0 Å². The summed E-state index contributed by atoms with van der Waals surface area (Å²) in [6.45, 7) is 3.10. The quantitative estimate of drug-likeness (QED) is 0.677. The maximum Gasteiger partial charge on any atom is 0.416 e. The number of alkyl halides is 3. The molecule has 0 aliphatic heterocycles. The summed E-state index contributed by atoms with van der Waals surface area (Å²) in [5.41, 5.74) is -0.0911. The lowest BCUT2D eigenvalue weighted by Gasteiger charge is -2.36. The van der Waals surface area contributed by atoms with Crippen molar-refractivity contribution in [3.05, 3.63) is 35.4 Å². The fraction of sp³-hybridized carbons (Fsp3) is 0.684. The number of aliphatic hydroxyl groups is 1. The molecule has 136 valence electrons. The van der Waals surface area contributed by atoms with Crippen LogP contribution in [0.1, 0.15) is 69.1 Å². The minimum atomic E-state index is -4.34. The molecule has 2 rings (SSSR count). The van der Waals surface area contributed by atoms with Crippen LogP contribution in [0.25, 0.3) is 0 Å². The molecule has 0 amide bonds. The molecule has 0 radical (unpaired) electrons. The van der Waals surface area contributed by atoms with Crippen LogP contribution in [0.2, 0.25) is 0 Å². The van der Waals surface area contributed by atoms with Crippen molar-refractivity contribution in [2.45, 2.75) is 70.2 Å². The molecule has 0 aromatic heterocycles. The highest BCUT2D eigenvalue weighted by molar-refractivity contribution is 5.26. The van der Waals surface area contributed by atoms with Crippen LogP contribution in [0, 0.1) is 5.92 Å². The Hall–Kier alpha value is -1.07. The second-order valence-electron chi connectivity index (χ2n) is 6.78. The molecular formula is C19H28F3NO. The third kappa shape index (κ3) is 5.21. The molecule has 0 spiro atoms. The molecule has 1 aliphatic carbocycles. The molecule has 24 heavy (non-hydrogen) atoms. The summed E-state index contributed by atoms with van der Waals surface area (Å²) in [5.74, 6) is 0.0668. The number of aliphatic hydroxyl groups excluding tert-OH is 1. The molecule has 3 unspecified atom stereocenters. The highest BCUT2D eigenvalue weighted by Crippen LogP contribution is 2.36. The third-order valence-corrected chi connectivity index (χ3v) is 4.99. The maximum atomic E-state index is 12.7. The van der Waals surface area contributed by atoms with E-state index in [9.17, 15) is 18.3 Å². The van der Waals surface area contributed by atoms with Crippen molar-refractivity contribution in [3.63, 3.8) is 0 Å². The number of unbranched alkanes of at least 4 members (excludes halogenated alkanes) is 2. The molecule has 5 heteroatoms. The van der Waals surface area contributed by atoms with Crippen molar-refractivity contribution in [2.24, 2.45) is 5.92 Å². The highest BCUT2D eigenvalue weighted by Gasteiger charge is 2.33. The Morgan fingerprint density at radius 1 is 1.12 bits per heavy atom. The van der Waals surface area contributed by atoms with Gasteiger partial charge in [-0.1, -0.05) is 44.7 Å². The molecule has 1 saturated carbocycles. The van der Waals surface area contributed by atoms with Gasteiger partial charge in [-0.25, -0.2) is 0 Å². The van der Waals surface area contributed by atoms with Crippen LogP contribution >= 0.6 is 0 Å². The van der Waals surface area contributed by atoms with Gasteiger partial charge in [0.05, 0.1) is 11.7 Å². The Balaban J connectivity index is 2.00. The van der Waals surface area contributed by atoms with Crippen molar-refractivity contribution < 1.29 is 18.3 Å². The van der Waals surface area contributed by atoms with Crippen LogP contribution in [0.4, 0.5) is 13.2 Å². The van der Waals surface area contributed by atoms with E-state index in [0.29, 0.717) is 5.56 Å². The van der Waals surface area contributed by atoms with Gasteiger partial charge in [0.2, 0.25) is 0 Å². The molecule has 0 bridgehead atoms. The molecule has 1 aromatic carbocycles. The molecule has 0 heterocycles. The lowest BCUT2D eigenvalue weighted by atomic mass is 9.78. The molecular weight excluding hydrogens is 315 g/mol. The number of rotatable bonds is 7. The van der Waals surface area contributed by atoms with E-state index >= 15 is 0 Å². The number of hydrogen-bond donors (Lipinski definition) is 2. The van der Waals surface area contributed by atoms with Crippen molar-refractivity contribution >= 4 is 0 Å². The lowest BCUT2D eigenvalue weighted by Crippen LogP contribution is -2.41. The van der Waals surface area contributed by atoms with E-state index in [-0.39, 0.29) is 12.0 Å². The Bertz CT molecular complexity index is 486. The van der Waals surface area contributed by atoms with Crippen LogP contribution < -0.4 is 5.32 Å². The number of halogens is 3. The van der Waals surface area contributed by atoms with Gasteiger partial charge >= 0.3 is 6.18 Å². The summed E-state index contributed by atoms with van der Waals surface area (Å²) in [7, 11) is 0. The van der Waals surface area contributed by atoms with Gasteiger partial charge in [-0.3, -0.25) is 0 Å². The van der Waals surface area contributed by atoms with Crippen molar-refractivity contribution in [1.29, 1.82) is 0 Å². The average molecular weight is 343 g/mol. The predicted molar refractivity (Wildman–Crippen MR) is 89.7 cm³/mol. The van der Waals surface area contributed by atoms with E-state index in [1.807, 2.05) is 0 Å². The van der Waals surface area contributed by atoms with Crippen molar-refractivity contribution in [2.75, 3.05) is 6.54 Å². The minimum absolute atomic E-state index is 0.0668. The predicted octanol–water partition coefficient (Wildman–Crippen LogP) is 5.08. The van der Waals surface area contributed by atoms with E-state index < -0.39 is 17.8 Å². The first-order valence-electron chi connectivity index (χ1n) is 9.02. The van der Waals surface area contributed by atoms with E-state index in [1.165, 1.54) is 25.0 Å². The first-order chi connectivity index (χ1) is 11.4. The lowest BCUT2D eigenvalue weighted by molar-refractivity contribution is -0.137. The molecule has 0 saturated heterocycles. The smallest absolute Gasteiger partial charge is 0.388 e. The summed E-state index contributed by atoms with van der Waals surface area (Å²) < 4.78 is 38.0. The number of hydrogen-bond acceptors (Lipinski definition) is 2. The van der Waals surface area contributed by atoms with Crippen LogP contribution in [0.15, 0.2) is 24.3 Å². The maximum absolute atomic E-state index is 12.7. The summed E-state index contributed by atoms with van der Waals surface area (Å²) in [6.07, 6.45) is 2.57. The monoisotopic (exact) mass is 343 g/mol. The topological polar surface area (TPSA) is 32.3 Å². The second kappa shape index (κ2) is 8.86. The Morgan fingerprint density at radius 2 is 1.79 bits per heavy atom. The van der Waals surface area contributed by atoms with Gasteiger partial charge in [0.1, 0.15) is 0 Å². The largest absolute Gasteiger partial charge is 0.416 e. The third-order valence-electron chi connectivity index (χ3n) is 4.99. The van der Waals surface area contributed by atoms with Crippen LogP contribution in [0.5, 0.6) is 0 Å². The van der Waals surface area contributed by atoms with E-state index in [2.05, 4.69) is 12.2 Å². The fourth-order valence-electron chi connectivity index (χ4n) is 3.57. The van der Waals surface area contributed by atoms with Crippen LogP contribution in [0.3, 0.4) is 0 Å². The van der Waals surface area contributed by atoms with Crippen LogP contribution in [-0.4, -0.2) is 17.7 Å². The highest BCUT2D eigenvalue weighted by atomic mass is 19.4. The SMILES string of the molecule is CCCCCNC1CCCCC1C(O)c1ccc(C(F)(F)F)cc1. The molecule has 2 nitrogen and oxygen atoms in total.